The zero-order valence-electron chi connectivity index (χ0n) is 24.6. The molecule has 0 radical (unpaired) electrons. The van der Waals surface area contributed by atoms with E-state index in [4.69, 9.17) is 4.98 Å². The monoisotopic (exact) mass is 564 g/mol. The first-order valence-electron chi connectivity index (χ1n) is 16.4. The number of allylic oxidation sites excluding steroid dienone is 4. The minimum absolute atomic E-state index is 0.0494. The van der Waals surface area contributed by atoms with Crippen LogP contribution in [0.3, 0.4) is 0 Å². The summed E-state index contributed by atoms with van der Waals surface area (Å²) in [6, 6.07) is 8.24. The topological polar surface area (TPSA) is 75.6 Å². The van der Waals surface area contributed by atoms with Gasteiger partial charge in [-0.05, 0) is 114 Å². The average Bonchev–Trinajstić information content (AvgIpc) is 3.50. The van der Waals surface area contributed by atoms with Gasteiger partial charge in [0.05, 0.1) is 28.4 Å². The van der Waals surface area contributed by atoms with Crippen LogP contribution >= 0.6 is 0 Å². The van der Waals surface area contributed by atoms with E-state index < -0.39 is 5.60 Å². The number of phenolic OH excluding ortho intramolecular Hbond substituents is 1. The van der Waals surface area contributed by atoms with Gasteiger partial charge in [-0.15, -0.1) is 0 Å². The fourth-order valence-electron chi connectivity index (χ4n) is 9.64. The third kappa shape index (κ3) is 4.13. The lowest BCUT2D eigenvalue weighted by molar-refractivity contribution is -0.0894. The van der Waals surface area contributed by atoms with Crippen molar-refractivity contribution in [2.45, 2.75) is 81.9 Å². The molecule has 3 aromatic rings. The highest BCUT2D eigenvalue weighted by Crippen LogP contribution is 2.61. The number of rotatable bonds is 1. The fraction of sp³-hybridized carbons (Fsp3) is 0.528. The van der Waals surface area contributed by atoms with Crippen molar-refractivity contribution in [3.05, 3.63) is 66.5 Å². The third-order valence-electron chi connectivity index (χ3n) is 11.3. The normalized spacial score (nSPS) is 37.0. The Morgan fingerprint density at radius 2 is 1.74 bits per heavy atom. The molecule has 6 nitrogen and oxygen atoms in total. The highest BCUT2D eigenvalue weighted by molar-refractivity contribution is 6.11. The Kier molecular flexibility index (Phi) is 6.58. The molecule has 1 aliphatic carbocycles. The SMILES string of the molecule is Oc1cccc2c1[nH]c1c(C3=C[C@]4(O)CC/C=C\CCCCN5CC[C@H]3[C@@]3(C[C@H]6/C=C\CCCCN6[C@H]34)C5)nccc12. The first kappa shape index (κ1) is 26.7. The predicted molar refractivity (Wildman–Crippen MR) is 169 cm³/mol. The molecule has 8 rings (SSSR count). The number of para-hydroxylation sites is 1. The number of nitrogens with zero attached hydrogens (tertiary/aromatic N) is 3. The summed E-state index contributed by atoms with van der Waals surface area (Å²) in [4.78, 5) is 14.1. The number of nitrogens with one attached hydrogen (secondary N) is 1. The smallest absolute Gasteiger partial charge is 0.139 e. The van der Waals surface area contributed by atoms with Crippen LogP contribution in [0.15, 0.2) is 60.8 Å². The van der Waals surface area contributed by atoms with Crippen molar-refractivity contribution in [1.29, 1.82) is 0 Å². The van der Waals surface area contributed by atoms with Gasteiger partial charge in [0, 0.05) is 35.0 Å². The molecule has 1 unspecified atom stereocenters. The molecule has 42 heavy (non-hydrogen) atoms. The van der Waals surface area contributed by atoms with E-state index in [1.165, 1.54) is 31.3 Å². The molecule has 5 aliphatic rings. The maximum Gasteiger partial charge on any atom is 0.139 e. The molecule has 0 saturated carbocycles. The zero-order valence-corrected chi connectivity index (χ0v) is 24.6. The van der Waals surface area contributed by atoms with Crippen molar-refractivity contribution in [2.75, 3.05) is 26.2 Å². The molecule has 2 saturated heterocycles. The minimum atomic E-state index is -0.951. The molecule has 1 aromatic carbocycles. The lowest BCUT2D eigenvalue weighted by atomic mass is 9.54. The van der Waals surface area contributed by atoms with Gasteiger partial charge in [0.2, 0.25) is 0 Å². The number of aromatic hydroxyl groups is 1. The van der Waals surface area contributed by atoms with Crippen molar-refractivity contribution in [1.82, 2.24) is 19.8 Å². The first-order valence-corrected chi connectivity index (χ1v) is 16.4. The summed E-state index contributed by atoms with van der Waals surface area (Å²) in [7, 11) is 0. The Morgan fingerprint density at radius 1 is 0.905 bits per heavy atom. The van der Waals surface area contributed by atoms with Crippen molar-refractivity contribution in [3.63, 3.8) is 0 Å². The number of aliphatic hydroxyl groups is 1. The molecule has 2 fully saturated rings. The number of benzene rings is 1. The molecule has 1 spiro atoms. The zero-order chi connectivity index (χ0) is 28.3. The van der Waals surface area contributed by atoms with E-state index >= 15 is 0 Å². The number of hydrogen-bond acceptors (Lipinski definition) is 5. The van der Waals surface area contributed by atoms with Crippen LogP contribution in [0.1, 0.15) is 69.9 Å². The molecule has 220 valence electrons. The second-order valence-electron chi connectivity index (χ2n) is 13.7. The van der Waals surface area contributed by atoms with E-state index in [2.05, 4.69) is 57.3 Å². The molecule has 6 atom stereocenters. The van der Waals surface area contributed by atoms with Gasteiger partial charge in [0.15, 0.2) is 0 Å². The lowest BCUT2D eigenvalue weighted by Crippen LogP contribution is -2.65. The van der Waals surface area contributed by atoms with Crippen molar-refractivity contribution < 1.29 is 10.2 Å². The van der Waals surface area contributed by atoms with Crippen LogP contribution in [0.2, 0.25) is 0 Å². The number of piperidine rings is 1. The number of phenols is 1. The Bertz CT molecular complexity index is 1590. The predicted octanol–water partition coefficient (Wildman–Crippen LogP) is 6.56. The molecule has 4 aliphatic heterocycles. The summed E-state index contributed by atoms with van der Waals surface area (Å²) in [6.45, 7) is 4.33. The molecular formula is C36H44N4O2. The Balaban J connectivity index is 1.35. The summed E-state index contributed by atoms with van der Waals surface area (Å²) in [5, 5.41) is 25.9. The van der Waals surface area contributed by atoms with Crippen LogP contribution in [0, 0.1) is 11.3 Å². The number of pyridine rings is 1. The maximum atomic E-state index is 13.1. The summed E-state index contributed by atoms with van der Waals surface area (Å²) < 4.78 is 0. The Hall–Kier alpha value is -2.93. The van der Waals surface area contributed by atoms with Gasteiger partial charge in [0.1, 0.15) is 5.75 Å². The van der Waals surface area contributed by atoms with E-state index in [9.17, 15) is 10.2 Å². The van der Waals surface area contributed by atoms with E-state index in [0.717, 1.165) is 92.2 Å². The lowest BCUT2D eigenvalue weighted by Gasteiger charge is -2.58. The van der Waals surface area contributed by atoms with E-state index in [-0.39, 0.29) is 17.2 Å². The van der Waals surface area contributed by atoms with Crippen molar-refractivity contribution in [2.24, 2.45) is 11.3 Å². The number of aromatic amines is 1. The van der Waals surface area contributed by atoms with Gasteiger partial charge in [0.25, 0.3) is 0 Å². The van der Waals surface area contributed by atoms with Gasteiger partial charge >= 0.3 is 0 Å². The standard InChI is InChI=1S/C36H44N4O2/c41-30-14-11-13-26-27-15-18-37-32(33(27)38-31(26)30)28-23-36(42)17-8-4-1-2-5-9-19-39-21-16-29(28)35(24-39)22-25-12-7-3-6-10-20-40(25)34(35)36/h1,4,7,11-15,18,23,25,29,34,38,41-42H,2-3,5-6,8-10,16-17,19-22,24H2/b4-1-,12-7-/t25-,29-,34-,35-,36-/m1/s1. The number of hydrogen-bond donors (Lipinski definition) is 3. The van der Waals surface area contributed by atoms with Crippen LogP contribution in [0.25, 0.3) is 27.4 Å². The van der Waals surface area contributed by atoms with Crippen LogP contribution in [-0.4, -0.2) is 73.8 Å². The van der Waals surface area contributed by atoms with Gasteiger partial charge in [-0.3, -0.25) is 9.88 Å². The van der Waals surface area contributed by atoms with Gasteiger partial charge in [-0.25, -0.2) is 0 Å². The number of H-pyrrole nitrogens is 1. The van der Waals surface area contributed by atoms with Crippen LogP contribution < -0.4 is 0 Å². The molecule has 3 bridgehead atoms. The second-order valence-corrected chi connectivity index (χ2v) is 13.7. The maximum absolute atomic E-state index is 13.1. The van der Waals surface area contributed by atoms with Gasteiger partial charge in [-0.2, -0.15) is 0 Å². The quantitative estimate of drug-likeness (QED) is 0.292. The summed E-state index contributed by atoms with van der Waals surface area (Å²) >= 11 is 0. The third-order valence-corrected chi connectivity index (χ3v) is 11.3. The van der Waals surface area contributed by atoms with Crippen molar-refractivity contribution >= 4 is 27.4 Å². The molecule has 3 N–H and O–H groups in total. The fourth-order valence-corrected chi connectivity index (χ4v) is 9.64. The largest absolute Gasteiger partial charge is 0.506 e. The van der Waals surface area contributed by atoms with Crippen LogP contribution in [0.4, 0.5) is 0 Å². The van der Waals surface area contributed by atoms with Gasteiger partial charge in [-0.1, -0.05) is 36.4 Å². The second kappa shape index (κ2) is 10.4. The molecule has 6 heteroatoms. The minimum Gasteiger partial charge on any atom is -0.506 e. The summed E-state index contributed by atoms with van der Waals surface area (Å²) in [6.07, 6.45) is 24.7. The van der Waals surface area contributed by atoms with E-state index in [1.54, 1.807) is 6.07 Å². The highest BCUT2D eigenvalue weighted by Gasteiger charge is 2.65. The van der Waals surface area contributed by atoms with Crippen LogP contribution in [-0.2, 0) is 0 Å². The molecule has 6 heterocycles. The van der Waals surface area contributed by atoms with E-state index in [0.29, 0.717) is 12.0 Å². The number of fused-ring (bicyclic) bond motifs is 5. The van der Waals surface area contributed by atoms with E-state index in [1.807, 2.05) is 12.3 Å². The highest BCUT2D eigenvalue weighted by atomic mass is 16.3. The van der Waals surface area contributed by atoms with Crippen LogP contribution in [0.5, 0.6) is 5.75 Å². The molecular weight excluding hydrogens is 520 g/mol. The molecule has 2 aromatic heterocycles. The first-order chi connectivity index (χ1) is 20.6. The summed E-state index contributed by atoms with van der Waals surface area (Å²) in [5.74, 6) is 0.581. The Labute approximate surface area is 248 Å². The Morgan fingerprint density at radius 3 is 2.67 bits per heavy atom. The molecule has 0 amide bonds. The number of aromatic nitrogens is 2. The average molecular weight is 565 g/mol. The van der Waals surface area contributed by atoms with Gasteiger partial charge < -0.3 is 20.1 Å². The van der Waals surface area contributed by atoms with Crippen molar-refractivity contribution in [3.8, 4) is 5.75 Å². The summed E-state index contributed by atoms with van der Waals surface area (Å²) in [5.41, 5.74) is 2.89.